The van der Waals surface area contributed by atoms with E-state index >= 15 is 0 Å². The number of ether oxygens (including phenoxy) is 1. The van der Waals surface area contributed by atoms with Gasteiger partial charge in [0.2, 0.25) is 0 Å². The highest BCUT2D eigenvalue weighted by Crippen LogP contribution is 2.29. The first-order chi connectivity index (χ1) is 16.4. The quantitative estimate of drug-likeness (QED) is 0.425. The van der Waals surface area contributed by atoms with Crippen molar-refractivity contribution in [2.75, 3.05) is 25.4 Å². The van der Waals surface area contributed by atoms with Gasteiger partial charge in [0.15, 0.2) is 6.61 Å². The molecular weight excluding hydrogens is 439 g/mol. The molecular formula is C27H30F3N3O. The first kappa shape index (κ1) is 24.1. The Labute approximate surface area is 198 Å². The lowest BCUT2D eigenvalue weighted by Crippen LogP contribution is -2.43. The van der Waals surface area contributed by atoms with E-state index in [0.717, 1.165) is 49.3 Å². The van der Waals surface area contributed by atoms with Gasteiger partial charge in [0.05, 0.1) is 6.04 Å². The maximum Gasteiger partial charge on any atom is 0.422 e. The van der Waals surface area contributed by atoms with Gasteiger partial charge < -0.3 is 15.8 Å². The van der Waals surface area contributed by atoms with Crippen LogP contribution in [0.5, 0.6) is 5.75 Å². The molecule has 1 aliphatic heterocycles. The van der Waals surface area contributed by atoms with Crippen LogP contribution in [0.25, 0.3) is 0 Å². The first-order valence-corrected chi connectivity index (χ1v) is 11.5. The minimum absolute atomic E-state index is 0.0307. The van der Waals surface area contributed by atoms with Crippen LogP contribution < -0.4 is 15.8 Å². The van der Waals surface area contributed by atoms with Crippen LogP contribution in [-0.2, 0) is 6.54 Å². The Kier molecular flexibility index (Phi) is 7.75. The molecule has 0 spiro atoms. The fraction of sp³-hybridized carbons (Fsp3) is 0.333. The monoisotopic (exact) mass is 469 g/mol. The maximum atomic E-state index is 12.3. The summed E-state index contributed by atoms with van der Waals surface area (Å²) in [4.78, 5) is 2.37. The maximum absolute atomic E-state index is 12.3. The van der Waals surface area contributed by atoms with Crippen molar-refractivity contribution in [2.24, 2.45) is 0 Å². The SMILES string of the molecule is Nc1ccccc1C(NC1CCN(Cc2ccc(OCC(F)(F)F)cc2)CC1)c1ccccc1. The van der Waals surface area contributed by atoms with Gasteiger partial charge in [0.1, 0.15) is 5.75 Å². The van der Waals surface area contributed by atoms with Crippen molar-refractivity contribution in [3.8, 4) is 5.75 Å². The molecule has 7 heteroatoms. The Morgan fingerprint density at radius 1 is 0.912 bits per heavy atom. The second-order valence-corrected chi connectivity index (χ2v) is 8.74. The summed E-state index contributed by atoms with van der Waals surface area (Å²) in [6, 6.07) is 25.6. The van der Waals surface area contributed by atoms with Crippen molar-refractivity contribution in [3.05, 3.63) is 95.6 Å². The lowest BCUT2D eigenvalue weighted by Gasteiger charge is -2.35. The predicted octanol–water partition coefficient (Wildman–Crippen LogP) is 5.55. The van der Waals surface area contributed by atoms with E-state index in [0.29, 0.717) is 6.04 Å². The molecule has 0 aliphatic carbocycles. The normalized spacial score (nSPS) is 16.3. The topological polar surface area (TPSA) is 50.5 Å². The van der Waals surface area contributed by atoms with Gasteiger partial charge in [0.25, 0.3) is 0 Å². The average molecular weight is 470 g/mol. The van der Waals surface area contributed by atoms with Gasteiger partial charge in [-0.25, -0.2) is 0 Å². The summed E-state index contributed by atoms with van der Waals surface area (Å²) < 4.78 is 41.7. The van der Waals surface area contributed by atoms with Crippen molar-refractivity contribution in [2.45, 2.75) is 37.6 Å². The van der Waals surface area contributed by atoms with E-state index in [1.165, 1.54) is 5.56 Å². The van der Waals surface area contributed by atoms with Crippen molar-refractivity contribution in [1.82, 2.24) is 10.2 Å². The van der Waals surface area contributed by atoms with Crippen LogP contribution >= 0.6 is 0 Å². The van der Waals surface area contributed by atoms with E-state index in [-0.39, 0.29) is 11.8 Å². The van der Waals surface area contributed by atoms with Crippen molar-refractivity contribution >= 4 is 5.69 Å². The molecule has 3 aromatic rings. The number of rotatable bonds is 8. The number of hydrogen-bond donors (Lipinski definition) is 2. The van der Waals surface area contributed by atoms with Crippen LogP contribution in [0, 0.1) is 0 Å². The zero-order valence-electron chi connectivity index (χ0n) is 19.0. The van der Waals surface area contributed by atoms with Gasteiger partial charge in [-0.15, -0.1) is 0 Å². The summed E-state index contributed by atoms with van der Waals surface area (Å²) >= 11 is 0. The van der Waals surface area contributed by atoms with Gasteiger partial charge >= 0.3 is 6.18 Å². The van der Waals surface area contributed by atoms with Gasteiger partial charge in [-0.05, 0) is 60.8 Å². The summed E-state index contributed by atoms with van der Waals surface area (Å²) in [5.74, 6) is 0.233. The van der Waals surface area contributed by atoms with Crippen LogP contribution in [0.3, 0.4) is 0 Å². The summed E-state index contributed by atoms with van der Waals surface area (Å²) in [5, 5.41) is 3.83. The molecule has 4 rings (SSSR count). The molecule has 4 nitrogen and oxygen atoms in total. The number of anilines is 1. The van der Waals surface area contributed by atoms with Crippen LogP contribution in [0.15, 0.2) is 78.9 Å². The minimum Gasteiger partial charge on any atom is -0.484 e. The number of piperidine rings is 1. The summed E-state index contributed by atoms with van der Waals surface area (Å²) in [6.07, 6.45) is -2.32. The number of nitrogen functional groups attached to an aromatic ring is 1. The molecule has 1 atom stereocenters. The summed E-state index contributed by atoms with van der Waals surface area (Å²) in [6.45, 7) is 1.37. The minimum atomic E-state index is -4.33. The molecule has 0 amide bonds. The van der Waals surface area contributed by atoms with E-state index in [4.69, 9.17) is 10.5 Å². The number of nitrogens with one attached hydrogen (secondary N) is 1. The molecule has 1 heterocycles. The molecule has 3 N–H and O–H groups in total. The molecule has 0 radical (unpaired) electrons. The van der Waals surface area contributed by atoms with Gasteiger partial charge in [-0.2, -0.15) is 13.2 Å². The Morgan fingerprint density at radius 2 is 1.56 bits per heavy atom. The molecule has 180 valence electrons. The Morgan fingerprint density at radius 3 is 2.21 bits per heavy atom. The summed E-state index contributed by atoms with van der Waals surface area (Å²) in [7, 11) is 0. The second-order valence-electron chi connectivity index (χ2n) is 8.74. The van der Waals surface area contributed by atoms with E-state index in [2.05, 4.69) is 28.4 Å². The molecule has 1 fully saturated rings. The number of hydrogen-bond acceptors (Lipinski definition) is 4. The Hall–Kier alpha value is -3.03. The fourth-order valence-corrected chi connectivity index (χ4v) is 4.39. The number of alkyl halides is 3. The van der Waals surface area contributed by atoms with Crippen LogP contribution in [-0.4, -0.2) is 36.8 Å². The number of likely N-dealkylation sites (tertiary alicyclic amines) is 1. The van der Waals surface area contributed by atoms with E-state index in [9.17, 15) is 13.2 Å². The lowest BCUT2D eigenvalue weighted by atomic mass is 9.94. The second kappa shape index (κ2) is 10.9. The molecule has 0 bridgehead atoms. The third-order valence-corrected chi connectivity index (χ3v) is 6.16. The zero-order valence-corrected chi connectivity index (χ0v) is 19.0. The molecule has 34 heavy (non-hydrogen) atoms. The fourth-order valence-electron chi connectivity index (χ4n) is 4.39. The van der Waals surface area contributed by atoms with Crippen LogP contribution in [0.1, 0.15) is 35.6 Å². The van der Waals surface area contributed by atoms with Crippen LogP contribution in [0.2, 0.25) is 0 Å². The molecule has 0 aromatic heterocycles. The molecule has 3 aromatic carbocycles. The highest BCUT2D eigenvalue weighted by Gasteiger charge is 2.28. The number of halogens is 3. The summed E-state index contributed by atoms with van der Waals surface area (Å²) in [5.41, 5.74) is 10.4. The van der Waals surface area contributed by atoms with Gasteiger partial charge in [-0.3, -0.25) is 4.90 Å². The van der Waals surface area contributed by atoms with Crippen molar-refractivity contribution in [3.63, 3.8) is 0 Å². The number of para-hydroxylation sites is 1. The number of nitrogens with zero attached hydrogens (tertiary/aromatic N) is 1. The Balaban J connectivity index is 1.32. The largest absolute Gasteiger partial charge is 0.484 e. The van der Waals surface area contributed by atoms with Crippen LogP contribution in [0.4, 0.5) is 18.9 Å². The van der Waals surface area contributed by atoms with Gasteiger partial charge in [0, 0.05) is 18.3 Å². The Bertz CT molecular complexity index is 1030. The van der Waals surface area contributed by atoms with Crippen molar-refractivity contribution < 1.29 is 17.9 Å². The molecule has 1 saturated heterocycles. The molecule has 1 unspecified atom stereocenters. The number of nitrogens with two attached hydrogens (primary N) is 1. The lowest BCUT2D eigenvalue weighted by molar-refractivity contribution is -0.153. The average Bonchev–Trinajstić information content (AvgIpc) is 2.84. The molecule has 1 aliphatic rings. The van der Waals surface area contributed by atoms with E-state index < -0.39 is 12.8 Å². The third-order valence-electron chi connectivity index (χ3n) is 6.16. The standard InChI is InChI=1S/C27H30F3N3O/c28-27(29,30)19-34-23-12-10-20(11-13-23)18-33-16-14-22(15-17-33)32-26(21-6-2-1-3-7-21)24-8-4-5-9-25(24)31/h1-13,22,26,32H,14-19,31H2. The third kappa shape index (κ3) is 6.74. The molecule has 0 saturated carbocycles. The van der Waals surface area contributed by atoms with E-state index in [1.54, 1.807) is 12.1 Å². The predicted molar refractivity (Wildman–Crippen MR) is 129 cm³/mol. The van der Waals surface area contributed by atoms with Crippen molar-refractivity contribution in [1.29, 1.82) is 0 Å². The smallest absolute Gasteiger partial charge is 0.422 e. The zero-order chi connectivity index (χ0) is 24.0. The number of benzene rings is 3. The first-order valence-electron chi connectivity index (χ1n) is 11.5. The van der Waals surface area contributed by atoms with E-state index in [1.807, 2.05) is 48.5 Å². The highest BCUT2D eigenvalue weighted by atomic mass is 19.4. The highest BCUT2D eigenvalue weighted by molar-refractivity contribution is 5.51. The van der Waals surface area contributed by atoms with Gasteiger partial charge in [-0.1, -0.05) is 60.7 Å².